The van der Waals surface area contributed by atoms with E-state index in [1.165, 1.54) is 0 Å². The van der Waals surface area contributed by atoms with E-state index < -0.39 is 0 Å². The number of nitrogens with zero attached hydrogens (tertiary/aromatic N) is 1. The highest BCUT2D eigenvalue weighted by Crippen LogP contribution is 2.11. The molecule has 0 aliphatic carbocycles. The summed E-state index contributed by atoms with van der Waals surface area (Å²) < 4.78 is 0. The zero-order valence-electron chi connectivity index (χ0n) is 10.2. The maximum absolute atomic E-state index is 11.7. The van der Waals surface area contributed by atoms with Crippen molar-refractivity contribution in [3.63, 3.8) is 0 Å². The molecule has 1 aromatic carbocycles. The van der Waals surface area contributed by atoms with Crippen LogP contribution in [0.3, 0.4) is 0 Å². The van der Waals surface area contributed by atoms with Gasteiger partial charge in [0, 0.05) is 30.2 Å². The minimum absolute atomic E-state index is 0.0563. The minimum Gasteiger partial charge on any atom is -0.378 e. The normalized spacial score (nSPS) is 10.1. The molecule has 0 aliphatic rings. The molecular formula is C13H16N4O. The van der Waals surface area contributed by atoms with Gasteiger partial charge in [-0.1, -0.05) is 6.07 Å². The van der Waals surface area contributed by atoms with Gasteiger partial charge in [-0.25, -0.2) is 4.98 Å². The van der Waals surface area contributed by atoms with Gasteiger partial charge >= 0.3 is 0 Å². The van der Waals surface area contributed by atoms with Crippen molar-refractivity contribution in [2.75, 3.05) is 11.9 Å². The smallest absolute Gasteiger partial charge is 0.251 e. The molecule has 5 heteroatoms. The second-order valence-corrected chi connectivity index (χ2v) is 3.83. The van der Waals surface area contributed by atoms with E-state index in [1.54, 1.807) is 18.5 Å². The molecular weight excluding hydrogens is 228 g/mol. The predicted molar refractivity (Wildman–Crippen MR) is 70.4 cm³/mol. The number of carbonyl (C=O) groups is 1. The Balaban J connectivity index is 2.01. The van der Waals surface area contributed by atoms with Gasteiger partial charge < -0.3 is 15.6 Å². The van der Waals surface area contributed by atoms with Crippen molar-refractivity contribution in [1.29, 1.82) is 0 Å². The molecule has 18 heavy (non-hydrogen) atoms. The first-order valence-corrected chi connectivity index (χ1v) is 5.90. The lowest BCUT2D eigenvalue weighted by atomic mass is 10.2. The SMILES string of the molecule is CCNC(=O)c1cccc(NCc2ncc[nH]2)c1. The van der Waals surface area contributed by atoms with Crippen LogP contribution >= 0.6 is 0 Å². The summed E-state index contributed by atoms with van der Waals surface area (Å²) >= 11 is 0. The van der Waals surface area contributed by atoms with Gasteiger partial charge in [-0.05, 0) is 25.1 Å². The quantitative estimate of drug-likeness (QED) is 0.750. The molecule has 2 aromatic rings. The number of amides is 1. The van der Waals surface area contributed by atoms with Crippen LogP contribution < -0.4 is 10.6 Å². The van der Waals surface area contributed by atoms with Crippen LogP contribution in [0.25, 0.3) is 0 Å². The van der Waals surface area contributed by atoms with Gasteiger partial charge in [-0.2, -0.15) is 0 Å². The standard InChI is InChI=1S/C13H16N4O/c1-2-14-13(18)10-4-3-5-11(8-10)17-9-12-15-6-7-16-12/h3-8,17H,2,9H2,1H3,(H,14,18)(H,15,16). The van der Waals surface area contributed by atoms with Crippen LogP contribution in [0.4, 0.5) is 5.69 Å². The van der Waals surface area contributed by atoms with Crippen LogP contribution in [0.15, 0.2) is 36.7 Å². The summed E-state index contributed by atoms with van der Waals surface area (Å²) in [4.78, 5) is 18.8. The average Bonchev–Trinajstić information content (AvgIpc) is 2.90. The molecule has 0 fully saturated rings. The van der Waals surface area contributed by atoms with E-state index in [2.05, 4.69) is 20.6 Å². The summed E-state index contributed by atoms with van der Waals surface area (Å²) in [6.07, 6.45) is 3.49. The lowest BCUT2D eigenvalue weighted by molar-refractivity contribution is 0.0956. The molecule has 0 bridgehead atoms. The minimum atomic E-state index is -0.0563. The fourth-order valence-corrected chi connectivity index (χ4v) is 1.61. The van der Waals surface area contributed by atoms with E-state index in [0.29, 0.717) is 18.7 Å². The highest BCUT2D eigenvalue weighted by atomic mass is 16.1. The van der Waals surface area contributed by atoms with Crippen LogP contribution in [-0.2, 0) is 6.54 Å². The van der Waals surface area contributed by atoms with Crippen molar-refractivity contribution in [2.45, 2.75) is 13.5 Å². The topological polar surface area (TPSA) is 69.8 Å². The number of imidazole rings is 1. The Kier molecular flexibility index (Phi) is 3.96. The van der Waals surface area contributed by atoms with Crippen LogP contribution in [0.1, 0.15) is 23.1 Å². The Hall–Kier alpha value is -2.30. The summed E-state index contributed by atoms with van der Waals surface area (Å²) in [5, 5.41) is 5.98. The first kappa shape index (κ1) is 12.2. The molecule has 1 aromatic heterocycles. The Morgan fingerprint density at radius 2 is 2.33 bits per heavy atom. The van der Waals surface area contributed by atoms with Gasteiger partial charge in [-0.3, -0.25) is 4.79 Å². The number of carbonyl (C=O) groups excluding carboxylic acids is 1. The third-order valence-electron chi connectivity index (χ3n) is 2.48. The Morgan fingerprint density at radius 3 is 3.06 bits per heavy atom. The maximum atomic E-state index is 11.7. The van der Waals surface area contributed by atoms with Gasteiger partial charge in [0.1, 0.15) is 5.82 Å². The van der Waals surface area contributed by atoms with Crippen LogP contribution in [0, 0.1) is 0 Å². The second-order valence-electron chi connectivity index (χ2n) is 3.83. The third kappa shape index (κ3) is 3.10. The molecule has 0 radical (unpaired) electrons. The Bertz CT molecular complexity index is 507. The average molecular weight is 244 g/mol. The van der Waals surface area contributed by atoms with E-state index in [4.69, 9.17) is 0 Å². The number of nitrogens with one attached hydrogen (secondary N) is 3. The van der Waals surface area contributed by atoms with Crippen molar-refractivity contribution in [3.8, 4) is 0 Å². The molecule has 1 heterocycles. The molecule has 94 valence electrons. The number of rotatable bonds is 5. The monoisotopic (exact) mass is 244 g/mol. The summed E-state index contributed by atoms with van der Waals surface area (Å²) in [6.45, 7) is 3.13. The van der Waals surface area contributed by atoms with E-state index in [-0.39, 0.29) is 5.91 Å². The molecule has 0 spiro atoms. The van der Waals surface area contributed by atoms with Gasteiger partial charge in [0.05, 0.1) is 6.54 Å². The Labute approximate surface area is 106 Å². The van der Waals surface area contributed by atoms with Crippen LogP contribution in [0.2, 0.25) is 0 Å². The maximum Gasteiger partial charge on any atom is 0.251 e. The van der Waals surface area contributed by atoms with E-state index in [1.807, 2.05) is 25.1 Å². The fourth-order valence-electron chi connectivity index (χ4n) is 1.61. The zero-order chi connectivity index (χ0) is 12.8. The number of aromatic nitrogens is 2. The summed E-state index contributed by atoms with van der Waals surface area (Å²) in [7, 11) is 0. The molecule has 0 saturated heterocycles. The molecule has 1 amide bonds. The first-order chi connectivity index (χ1) is 8.79. The van der Waals surface area contributed by atoms with Crippen molar-refractivity contribution in [2.24, 2.45) is 0 Å². The van der Waals surface area contributed by atoms with Crippen molar-refractivity contribution in [1.82, 2.24) is 15.3 Å². The van der Waals surface area contributed by atoms with Crippen LogP contribution in [-0.4, -0.2) is 22.4 Å². The zero-order valence-corrected chi connectivity index (χ0v) is 10.2. The third-order valence-corrected chi connectivity index (χ3v) is 2.48. The number of hydrogen-bond donors (Lipinski definition) is 3. The van der Waals surface area contributed by atoms with Crippen molar-refractivity contribution < 1.29 is 4.79 Å². The molecule has 3 N–H and O–H groups in total. The van der Waals surface area contributed by atoms with Crippen molar-refractivity contribution >= 4 is 11.6 Å². The molecule has 0 atom stereocenters. The highest BCUT2D eigenvalue weighted by Gasteiger charge is 2.04. The first-order valence-electron chi connectivity index (χ1n) is 5.90. The molecule has 0 saturated carbocycles. The number of aromatic amines is 1. The largest absolute Gasteiger partial charge is 0.378 e. The van der Waals surface area contributed by atoms with Gasteiger partial charge in [-0.15, -0.1) is 0 Å². The van der Waals surface area contributed by atoms with E-state index in [0.717, 1.165) is 11.5 Å². The van der Waals surface area contributed by atoms with E-state index >= 15 is 0 Å². The number of hydrogen-bond acceptors (Lipinski definition) is 3. The molecule has 0 unspecified atom stereocenters. The number of H-pyrrole nitrogens is 1. The fraction of sp³-hybridized carbons (Fsp3) is 0.231. The predicted octanol–water partition coefficient (Wildman–Crippen LogP) is 1.77. The number of benzene rings is 1. The summed E-state index contributed by atoms with van der Waals surface area (Å²) in [5.41, 5.74) is 1.55. The Morgan fingerprint density at radius 1 is 1.44 bits per heavy atom. The summed E-state index contributed by atoms with van der Waals surface area (Å²) in [6, 6.07) is 7.40. The second kappa shape index (κ2) is 5.86. The lowest BCUT2D eigenvalue weighted by Crippen LogP contribution is -2.22. The van der Waals surface area contributed by atoms with Gasteiger partial charge in [0.15, 0.2) is 0 Å². The summed E-state index contributed by atoms with van der Waals surface area (Å²) in [5.74, 6) is 0.803. The lowest BCUT2D eigenvalue weighted by Gasteiger charge is -2.07. The number of anilines is 1. The van der Waals surface area contributed by atoms with Crippen molar-refractivity contribution in [3.05, 3.63) is 48.0 Å². The molecule has 5 nitrogen and oxygen atoms in total. The highest BCUT2D eigenvalue weighted by molar-refractivity contribution is 5.95. The van der Waals surface area contributed by atoms with E-state index in [9.17, 15) is 4.79 Å². The molecule has 2 rings (SSSR count). The van der Waals surface area contributed by atoms with Crippen LogP contribution in [0.5, 0.6) is 0 Å². The van der Waals surface area contributed by atoms with Gasteiger partial charge in [0.25, 0.3) is 5.91 Å². The van der Waals surface area contributed by atoms with Gasteiger partial charge in [0.2, 0.25) is 0 Å². The molecule has 0 aliphatic heterocycles.